The van der Waals surface area contributed by atoms with Crippen molar-refractivity contribution in [2.45, 2.75) is 19.3 Å². The van der Waals surface area contributed by atoms with Gasteiger partial charge in [-0.2, -0.15) is 0 Å². The van der Waals surface area contributed by atoms with E-state index in [2.05, 4.69) is 12.1 Å². The molecule has 0 atom stereocenters. The lowest BCUT2D eigenvalue weighted by molar-refractivity contribution is 0.0686. The molecule has 0 bridgehead atoms. The van der Waals surface area contributed by atoms with Gasteiger partial charge in [0.2, 0.25) is 0 Å². The monoisotopic (exact) mass is 327 g/mol. The van der Waals surface area contributed by atoms with Crippen molar-refractivity contribution in [3.63, 3.8) is 0 Å². The van der Waals surface area contributed by atoms with Gasteiger partial charge in [0.25, 0.3) is 5.91 Å². The SMILES string of the molecule is COc1ccc(CC2CCN(C(=O)c3ccccc3F)CC2)cc1. The minimum Gasteiger partial charge on any atom is -0.497 e. The molecule has 0 spiro atoms. The highest BCUT2D eigenvalue weighted by Gasteiger charge is 2.25. The van der Waals surface area contributed by atoms with Crippen LogP contribution in [0.1, 0.15) is 28.8 Å². The van der Waals surface area contributed by atoms with E-state index in [1.54, 1.807) is 30.2 Å². The van der Waals surface area contributed by atoms with Crippen LogP contribution < -0.4 is 4.74 Å². The molecule has 0 aliphatic carbocycles. The lowest BCUT2D eigenvalue weighted by Gasteiger charge is -2.32. The smallest absolute Gasteiger partial charge is 0.256 e. The second-order valence-corrected chi connectivity index (χ2v) is 6.27. The second-order valence-electron chi connectivity index (χ2n) is 6.27. The highest BCUT2D eigenvalue weighted by molar-refractivity contribution is 5.94. The van der Waals surface area contributed by atoms with E-state index in [-0.39, 0.29) is 11.5 Å². The standard InChI is InChI=1S/C20H22FNO2/c1-24-17-8-6-15(7-9-17)14-16-10-12-22(13-11-16)20(23)18-4-2-3-5-19(18)21/h2-9,16H,10-14H2,1H3. The Bertz CT molecular complexity index is 691. The molecule has 24 heavy (non-hydrogen) atoms. The largest absolute Gasteiger partial charge is 0.497 e. The van der Waals surface area contributed by atoms with Gasteiger partial charge in [0.15, 0.2) is 0 Å². The third-order valence-electron chi connectivity index (χ3n) is 4.69. The maximum absolute atomic E-state index is 13.8. The van der Waals surface area contributed by atoms with Gasteiger partial charge < -0.3 is 9.64 Å². The number of nitrogens with zero attached hydrogens (tertiary/aromatic N) is 1. The number of carbonyl (C=O) groups is 1. The van der Waals surface area contributed by atoms with Gasteiger partial charge in [-0.25, -0.2) is 4.39 Å². The van der Waals surface area contributed by atoms with E-state index < -0.39 is 5.82 Å². The normalized spacial score (nSPS) is 15.3. The van der Waals surface area contributed by atoms with Gasteiger partial charge in [0.05, 0.1) is 12.7 Å². The first-order valence-corrected chi connectivity index (χ1v) is 8.34. The molecule has 0 radical (unpaired) electrons. The van der Waals surface area contributed by atoms with Crippen LogP contribution in [0.2, 0.25) is 0 Å². The predicted molar refractivity (Wildman–Crippen MR) is 91.7 cm³/mol. The fourth-order valence-corrected chi connectivity index (χ4v) is 3.24. The van der Waals surface area contributed by atoms with Crippen molar-refractivity contribution >= 4 is 5.91 Å². The number of methoxy groups -OCH3 is 1. The molecule has 3 nitrogen and oxygen atoms in total. The minimum absolute atomic E-state index is 0.172. The molecule has 1 heterocycles. The molecule has 3 rings (SSSR count). The Kier molecular flexibility index (Phi) is 5.14. The molecule has 0 N–H and O–H groups in total. The molecule has 1 fully saturated rings. The van der Waals surface area contributed by atoms with Crippen LogP contribution in [0.15, 0.2) is 48.5 Å². The van der Waals surface area contributed by atoms with Crippen molar-refractivity contribution in [3.8, 4) is 5.75 Å². The first-order valence-electron chi connectivity index (χ1n) is 8.34. The maximum Gasteiger partial charge on any atom is 0.256 e. The maximum atomic E-state index is 13.8. The molecular weight excluding hydrogens is 305 g/mol. The number of likely N-dealkylation sites (tertiary alicyclic amines) is 1. The molecule has 0 unspecified atom stereocenters. The average Bonchev–Trinajstić information content (AvgIpc) is 2.63. The third kappa shape index (κ3) is 3.75. The average molecular weight is 327 g/mol. The number of amides is 1. The summed E-state index contributed by atoms with van der Waals surface area (Å²) in [6, 6.07) is 14.3. The first-order chi connectivity index (χ1) is 11.7. The summed E-state index contributed by atoms with van der Waals surface area (Å²) in [7, 11) is 1.66. The van der Waals surface area contributed by atoms with Gasteiger partial charge >= 0.3 is 0 Å². The summed E-state index contributed by atoms with van der Waals surface area (Å²) in [4.78, 5) is 14.2. The van der Waals surface area contributed by atoms with E-state index >= 15 is 0 Å². The first kappa shape index (κ1) is 16.5. The van der Waals surface area contributed by atoms with Gasteiger partial charge in [0.1, 0.15) is 11.6 Å². The van der Waals surface area contributed by atoms with E-state index in [9.17, 15) is 9.18 Å². The van der Waals surface area contributed by atoms with Crippen LogP contribution in [-0.4, -0.2) is 31.0 Å². The van der Waals surface area contributed by atoms with Crippen molar-refractivity contribution < 1.29 is 13.9 Å². The molecule has 1 aliphatic heterocycles. The zero-order valence-electron chi connectivity index (χ0n) is 13.9. The highest BCUT2D eigenvalue weighted by atomic mass is 19.1. The zero-order valence-corrected chi connectivity index (χ0v) is 13.9. The lowest BCUT2D eigenvalue weighted by Crippen LogP contribution is -2.39. The van der Waals surface area contributed by atoms with Crippen LogP contribution >= 0.6 is 0 Å². The van der Waals surface area contributed by atoms with E-state index in [1.807, 2.05) is 12.1 Å². The Hall–Kier alpha value is -2.36. The van der Waals surface area contributed by atoms with Crippen molar-refractivity contribution in [2.75, 3.05) is 20.2 Å². The minimum atomic E-state index is -0.442. The molecule has 4 heteroatoms. The molecule has 126 valence electrons. The van der Waals surface area contributed by atoms with Gasteiger partial charge in [-0.3, -0.25) is 4.79 Å². The van der Waals surface area contributed by atoms with Crippen LogP contribution in [0.5, 0.6) is 5.75 Å². The fraction of sp³-hybridized carbons (Fsp3) is 0.350. The highest BCUT2D eigenvalue weighted by Crippen LogP contribution is 2.24. The van der Waals surface area contributed by atoms with E-state index in [4.69, 9.17) is 4.74 Å². The topological polar surface area (TPSA) is 29.5 Å². The summed E-state index contributed by atoms with van der Waals surface area (Å²) in [6.07, 6.45) is 2.91. The number of hydrogen-bond acceptors (Lipinski definition) is 2. The quantitative estimate of drug-likeness (QED) is 0.851. The summed E-state index contributed by atoms with van der Waals surface area (Å²) in [5, 5.41) is 0. The number of ether oxygens (including phenoxy) is 1. The summed E-state index contributed by atoms with van der Waals surface area (Å²) >= 11 is 0. The van der Waals surface area contributed by atoms with Gasteiger partial charge in [-0.15, -0.1) is 0 Å². The number of carbonyl (C=O) groups excluding carboxylic acids is 1. The Morgan fingerprint density at radius 3 is 2.42 bits per heavy atom. The van der Waals surface area contributed by atoms with Crippen molar-refractivity contribution in [2.24, 2.45) is 5.92 Å². The lowest BCUT2D eigenvalue weighted by atomic mass is 9.90. The number of benzene rings is 2. The van der Waals surface area contributed by atoms with Crippen LogP contribution in [0.4, 0.5) is 4.39 Å². The molecular formula is C20H22FNO2. The van der Waals surface area contributed by atoms with Crippen LogP contribution in [0, 0.1) is 11.7 Å². The number of halogens is 1. The second kappa shape index (κ2) is 7.47. The summed E-state index contributed by atoms with van der Waals surface area (Å²) in [5.74, 6) is 0.783. The Morgan fingerprint density at radius 1 is 1.12 bits per heavy atom. The number of piperidine rings is 1. The van der Waals surface area contributed by atoms with Crippen molar-refractivity contribution in [1.82, 2.24) is 4.90 Å². The van der Waals surface area contributed by atoms with E-state index in [0.29, 0.717) is 19.0 Å². The third-order valence-corrected chi connectivity index (χ3v) is 4.69. The predicted octanol–water partition coefficient (Wildman–Crippen LogP) is 3.93. The Labute approximate surface area is 142 Å². The van der Waals surface area contributed by atoms with Crippen LogP contribution in [-0.2, 0) is 6.42 Å². The molecule has 2 aromatic carbocycles. The number of hydrogen-bond donors (Lipinski definition) is 0. The summed E-state index contributed by atoms with van der Waals surface area (Å²) in [5.41, 5.74) is 1.46. The Morgan fingerprint density at radius 2 is 1.79 bits per heavy atom. The Balaban J connectivity index is 1.55. The van der Waals surface area contributed by atoms with Crippen molar-refractivity contribution in [1.29, 1.82) is 0 Å². The van der Waals surface area contributed by atoms with Crippen molar-refractivity contribution in [3.05, 3.63) is 65.5 Å². The molecule has 1 amide bonds. The summed E-state index contributed by atoms with van der Waals surface area (Å²) < 4.78 is 18.9. The fourth-order valence-electron chi connectivity index (χ4n) is 3.24. The zero-order chi connectivity index (χ0) is 16.9. The summed E-state index contributed by atoms with van der Waals surface area (Å²) in [6.45, 7) is 1.38. The molecule has 1 aliphatic rings. The van der Waals surface area contributed by atoms with Crippen LogP contribution in [0.25, 0.3) is 0 Å². The molecule has 0 saturated carbocycles. The number of rotatable bonds is 4. The van der Waals surface area contributed by atoms with Crippen LogP contribution in [0.3, 0.4) is 0 Å². The molecule has 2 aromatic rings. The van der Waals surface area contributed by atoms with E-state index in [0.717, 1.165) is 25.0 Å². The van der Waals surface area contributed by atoms with E-state index in [1.165, 1.54) is 11.6 Å². The van der Waals surface area contributed by atoms with Gasteiger partial charge in [-0.05, 0) is 55.0 Å². The van der Waals surface area contributed by atoms with Gasteiger partial charge in [-0.1, -0.05) is 24.3 Å². The molecule has 1 saturated heterocycles. The molecule has 0 aromatic heterocycles. The van der Waals surface area contributed by atoms with Gasteiger partial charge in [0, 0.05) is 13.1 Å².